The molecule has 1 heterocycles. The molecular formula is C14H13F3N2. The van der Waals surface area contributed by atoms with E-state index in [0.29, 0.717) is 11.1 Å². The maximum absolute atomic E-state index is 12.8. The van der Waals surface area contributed by atoms with Crippen LogP contribution in [0.5, 0.6) is 0 Å². The molecule has 19 heavy (non-hydrogen) atoms. The van der Waals surface area contributed by atoms with Gasteiger partial charge in [-0.1, -0.05) is 19.9 Å². The van der Waals surface area contributed by atoms with Crippen LogP contribution < -0.4 is 0 Å². The van der Waals surface area contributed by atoms with Crippen LogP contribution in [0.2, 0.25) is 0 Å². The zero-order valence-corrected chi connectivity index (χ0v) is 10.6. The van der Waals surface area contributed by atoms with E-state index in [9.17, 15) is 13.2 Å². The highest BCUT2D eigenvalue weighted by atomic mass is 19.4. The van der Waals surface area contributed by atoms with Gasteiger partial charge in [0.15, 0.2) is 0 Å². The zero-order valence-electron chi connectivity index (χ0n) is 10.6. The number of alkyl halides is 3. The summed E-state index contributed by atoms with van der Waals surface area (Å²) in [5.74, 6) is 0.130. The Bertz CT molecular complexity index is 563. The van der Waals surface area contributed by atoms with Gasteiger partial charge in [-0.3, -0.25) is 0 Å². The lowest BCUT2D eigenvalue weighted by molar-refractivity contribution is -0.137. The Morgan fingerprint density at radius 3 is 2.32 bits per heavy atom. The Kier molecular flexibility index (Phi) is 3.55. The summed E-state index contributed by atoms with van der Waals surface area (Å²) in [4.78, 5) is 0. The fraction of sp³-hybridized carbons (Fsp3) is 0.286. The van der Waals surface area contributed by atoms with Gasteiger partial charge in [-0.2, -0.15) is 23.4 Å². The molecule has 2 rings (SSSR count). The molecule has 0 N–H and O–H groups in total. The van der Waals surface area contributed by atoms with Crippen molar-refractivity contribution in [2.45, 2.75) is 25.9 Å². The molecule has 100 valence electrons. The number of rotatable bonds is 2. The first-order valence-electron chi connectivity index (χ1n) is 5.88. The first kappa shape index (κ1) is 13.5. The third kappa shape index (κ3) is 2.92. The minimum Gasteiger partial charge on any atom is -0.166 e. The highest BCUT2D eigenvalue weighted by molar-refractivity contribution is 5.68. The van der Waals surface area contributed by atoms with Gasteiger partial charge in [0.05, 0.1) is 18.0 Å². The molecule has 2 nitrogen and oxygen atoms in total. The lowest BCUT2D eigenvalue weighted by Crippen LogP contribution is -2.06. The van der Waals surface area contributed by atoms with Crippen LogP contribution in [-0.2, 0) is 6.18 Å². The number of nitrogens with zero attached hydrogens (tertiary/aromatic N) is 2. The third-order valence-corrected chi connectivity index (χ3v) is 2.90. The van der Waals surface area contributed by atoms with Gasteiger partial charge < -0.3 is 0 Å². The van der Waals surface area contributed by atoms with Gasteiger partial charge in [0, 0.05) is 5.56 Å². The molecule has 0 amide bonds. The topological polar surface area (TPSA) is 25.8 Å². The van der Waals surface area contributed by atoms with E-state index >= 15 is 0 Å². The molecule has 5 heteroatoms. The summed E-state index contributed by atoms with van der Waals surface area (Å²) >= 11 is 0. The third-order valence-electron chi connectivity index (χ3n) is 2.90. The molecule has 0 bridgehead atoms. The van der Waals surface area contributed by atoms with Crippen molar-refractivity contribution in [3.8, 4) is 11.1 Å². The lowest BCUT2D eigenvalue weighted by atomic mass is 9.92. The van der Waals surface area contributed by atoms with Gasteiger partial charge in [-0.05, 0) is 35.2 Å². The van der Waals surface area contributed by atoms with Crippen molar-refractivity contribution in [3.63, 3.8) is 0 Å². The van der Waals surface area contributed by atoms with Crippen LogP contribution in [0.3, 0.4) is 0 Å². The van der Waals surface area contributed by atoms with Crippen LogP contribution in [-0.4, -0.2) is 10.2 Å². The molecule has 0 radical (unpaired) electrons. The van der Waals surface area contributed by atoms with Crippen LogP contribution in [0.1, 0.15) is 30.9 Å². The SMILES string of the molecule is CC(C)c1ccc(C(F)(F)F)cc1-c1ccnnc1. The average Bonchev–Trinajstić information content (AvgIpc) is 2.38. The van der Waals surface area contributed by atoms with Gasteiger partial charge in [0.25, 0.3) is 0 Å². The monoisotopic (exact) mass is 266 g/mol. The first-order chi connectivity index (χ1) is 8.89. The number of benzene rings is 1. The van der Waals surface area contributed by atoms with Crippen LogP contribution in [0.15, 0.2) is 36.7 Å². The molecule has 0 atom stereocenters. The number of halogens is 3. The molecule has 0 fully saturated rings. The summed E-state index contributed by atoms with van der Waals surface area (Å²) in [5, 5.41) is 7.37. The standard InChI is InChI=1S/C14H13F3N2/c1-9(2)12-4-3-11(14(15,16)17)7-13(12)10-5-6-18-19-8-10/h3-9H,1-2H3. The minimum atomic E-state index is -4.34. The molecule has 0 aliphatic heterocycles. The van der Waals surface area contributed by atoms with Gasteiger partial charge >= 0.3 is 6.18 Å². The quantitative estimate of drug-likeness (QED) is 0.810. The van der Waals surface area contributed by atoms with E-state index in [0.717, 1.165) is 11.6 Å². The van der Waals surface area contributed by atoms with Crippen molar-refractivity contribution in [1.82, 2.24) is 10.2 Å². The van der Waals surface area contributed by atoms with Crippen molar-refractivity contribution in [2.24, 2.45) is 0 Å². The molecule has 0 aliphatic carbocycles. The smallest absolute Gasteiger partial charge is 0.166 e. The molecule has 0 saturated carbocycles. The van der Waals surface area contributed by atoms with Crippen molar-refractivity contribution in [3.05, 3.63) is 47.8 Å². The molecule has 1 aromatic carbocycles. The van der Waals surface area contributed by atoms with Crippen LogP contribution in [0.4, 0.5) is 13.2 Å². The fourth-order valence-electron chi connectivity index (χ4n) is 1.94. The number of aromatic nitrogens is 2. The first-order valence-corrected chi connectivity index (χ1v) is 5.88. The minimum absolute atomic E-state index is 0.130. The van der Waals surface area contributed by atoms with E-state index in [4.69, 9.17) is 0 Å². The summed E-state index contributed by atoms with van der Waals surface area (Å²) in [7, 11) is 0. The van der Waals surface area contributed by atoms with E-state index in [1.807, 2.05) is 13.8 Å². The maximum Gasteiger partial charge on any atom is 0.416 e. The van der Waals surface area contributed by atoms with Gasteiger partial charge in [0.2, 0.25) is 0 Å². The van der Waals surface area contributed by atoms with E-state index in [1.54, 1.807) is 6.07 Å². The predicted molar refractivity (Wildman–Crippen MR) is 66.6 cm³/mol. The lowest BCUT2D eigenvalue weighted by Gasteiger charge is -2.15. The fourth-order valence-corrected chi connectivity index (χ4v) is 1.94. The molecule has 1 aromatic heterocycles. The summed E-state index contributed by atoms with van der Waals surface area (Å²) in [6.45, 7) is 3.89. The second kappa shape index (κ2) is 4.99. The van der Waals surface area contributed by atoms with Crippen molar-refractivity contribution >= 4 is 0 Å². The van der Waals surface area contributed by atoms with E-state index in [1.165, 1.54) is 24.5 Å². The molecule has 0 spiro atoms. The number of hydrogen-bond donors (Lipinski definition) is 0. The summed E-state index contributed by atoms with van der Waals surface area (Å²) in [6, 6.07) is 5.48. The Labute approximate surface area is 109 Å². The largest absolute Gasteiger partial charge is 0.416 e. The van der Waals surface area contributed by atoms with Crippen molar-refractivity contribution < 1.29 is 13.2 Å². The normalized spacial score (nSPS) is 11.9. The Morgan fingerprint density at radius 1 is 1.05 bits per heavy atom. The molecular weight excluding hydrogens is 253 g/mol. The van der Waals surface area contributed by atoms with Crippen molar-refractivity contribution in [2.75, 3.05) is 0 Å². The highest BCUT2D eigenvalue weighted by Crippen LogP contribution is 2.35. The average molecular weight is 266 g/mol. The van der Waals surface area contributed by atoms with Crippen LogP contribution >= 0.6 is 0 Å². The second-order valence-electron chi connectivity index (χ2n) is 4.59. The predicted octanol–water partition coefficient (Wildman–Crippen LogP) is 4.29. The molecule has 0 aliphatic rings. The summed E-state index contributed by atoms with van der Waals surface area (Å²) in [6.07, 6.45) is -1.40. The van der Waals surface area contributed by atoms with Gasteiger partial charge in [-0.25, -0.2) is 0 Å². The van der Waals surface area contributed by atoms with E-state index < -0.39 is 11.7 Å². The van der Waals surface area contributed by atoms with Gasteiger partial charge in [-0.15, -0.1) is 0 Å². The Morgan fingerprint density at radius 2 is 1.79 bits per heavy atom. The highest BCUT2D eigenvalue weighted by Gasteiger charge is 2.31. The van der Waals surface area contributed by atoms with Crippen LogP contribution in [0, 0.1) is 0 Å². The molecule has 2 aromatic rings. The zero-order chi connectivity index (χ0) is 14.0. The van der Waals surface area contributed by atoms with Gasteiger partial charge in [0.1, 0.15) is 0 Å². The van der Waals surface area contributed by atoms with E-state index in [2.05, 4.69) is 10.2 Å². The Balaban J connectivity index is 2.61. The summed E-state index contributed by atoms with van der Waals surface area (Å²) < 4.78 is 38.4. The Hall–Kier alpha value is -1.91. The molecule has 0 saturated heterocycles. The van der Waals surface area contributed by atoms with E-state index in [-0.39, 0.29) is 5.92 Å². The van der Waals surface area contributed by atoms with Crippen molar-refractivity contribution in [1.29, 1.82) is 0 Å². The second-order valence-corrected chi connectivity index (χ2v) is 4.59. The number of hydrogen-bond acceptors (Lipinski definition) is 2. The van der Waals surface area contributed by atoms with Crippen LogP contribution in [0.25, 0.3) is 11.1 Å². The summed E-state index contributed by atoms with van der Waals surface area (Å²) in [5.41, 5.74) is 1.41. The maximum atomic E-state index is 12.8. The molecule has 0 unspecified atom stereocenters.